The van der Waals surface area contributed by atoms with Crippen molar-refractivity contribution in [2.75, 3.05) is 24.5 Å². The zero-order valence-electron chi connectivity index (χ0n) is 26.4. The number of amides is 2. The minimum absolute atomic E-state index is 0.0302. The molecule has 0 saturated heterocycles. The molecule has 4 aromatic rings. The maximum Gasteiger partial charge on any atom is 0.273 e. The first kappa shape index (κ1) is 35.8. The number of rotatable bonds is 14. The van der Waals surface area contributed by atoms with Gasteiger partial charge in [-0.2, -0.15) is 0 Å². The van der Waals surface area contributed by atoms with E-state index in [0.717, 1.165) is 15.3 Å². The highest BCUT2D eigenvalue weighted by atomic mass is 35.5. The Balaban J connectivity index is 1.89. The van der Waals surface area contributed by atoms with E-state index in [9.17, 15) is 28.1 Å². The number of halogens is 2. The van der Waals surface area contributed by atoms with Gasteiger partial charge in [0, 0.05) is 41.7 Å². The number of hydrogen-bond donors (Lipinski definition) is 1. The van der Waals surface area contributed by atoms with Crippen LogP contribution in [0.5, 0.6) is 5.75 Å². The van der Waals surface area contributed by atoms with Gasteiger partial charge in [-0.05, 0) is 49.7 Å². The van der Waals surface area contributed by atoms with E-state index in [1.54, 1.807) is 43.3 Å². The quantitative estimate of drug-likeness (QED) is 0.132. The highest BCUT2D eigenvalue weighted by Gasteiger charge is 2.36. The Morgan fingerprint density at radius 3 is 2.35 bits per heavy atom. The van der Waals surface area contributed by atoms with Crippen molar-refractivity contribution < 1.29 is 32.1 Å². The highest BCUT2D eigenvalue weighted by molar-refractivity contribution is 7.92. The van der Waals surface area contributed by atoms with Gasteiger partial charge in [-0.1, -0.05) is 66.2 Å². The van der Waals surface area contributed by atoms with Crippen molar-refractivity contribution >= 4 is 44.8 Å². The van der Waals surface area contributed by atoms with Crippen LogP contribution in [0.25, 0.3) is 0 Å². The molecule has 0 aromatic heterocycles. The number of benzene rings is 4. The number of aryl methyl sites for hydroxylation is 1. The maximum atomic E-state index is 15.0. The van der Waals surface area contributed by atoms with E-state index in [0.29, 0.717) is 5.56 Å². The molecule has 0 saturated carbocycles. The van der Waals surface area contributed by atoms with Gasteiger partial charge in [-0.3, -0.25) is 24.0 Å². The summed E-state index contributed by atoms with van der Waals surface area (Å²) in [5, 5.41) is 14.6. The first-order valence-corrected chi connectivity index (χ1v) is 16.6. The van der Waals surface area contributed by atoms with Crippen molar-refractivity contribution in [3.05, 3.63) is 129 Å². The van der Waals surface area contributed by atoms with E-state index < -0.39 is 55.7 Å². The van der Waals surface area contributed by atoms with Gasteiger partial charge in [0.05, 0.1) is 22.6 Å². The van der Waals surface area contributed by atoms with Crippen molar-refractivity contribution in [2.24, 2.45) is 0 Å². The van der Waals surface area contributed by atoms with E-state index in [1.165, 1.54) is 62.6 Å². The van der Waals surface area contributed by atoms with Crippen molar-refractivity contribution in [2.45, 2.75) is 37.8 Å². The molecular weight excluding hydrogens is 663 g/mol. The number of carbonyl (C=O) groups excluding carboxylic acids is 2. The molecule has 0 aliphatic carbocycles. The Kier molecular flexibility index (Phi) is 11.7. The lowest BCUT2D eigenvalue weighted by Gasteiger charge is -2.34. The summed E-state index contributed by atoms with van der Waals surface area (Å²) in [5.74, 6) is -1.99. The van der Waals surface area contributed by atoms with Gasteiger partial charge in [-0.15, -0.1) is 0 Å². The summed E-state index contributed by atoms with van der Waals surface area (Å²) in [6.07, 6.45) is 0.0320. The number of nitrogens with zero attached hydrogens (tertiary/aromatic N) is 3. The van der Waals surface area contributed by atoms with Crippen LogP contribution in [0.1, 0.15) is 23.6 Å². The second-order valence-electron chi connectivity index (χ2n) is 10.7. The van der Waals surface area contributed by atoms with E-state index in [2.05, 4.69) is 5.32 Å². The standard InChI is InChI=1S/C34H34ClFN4O7S/c1-4-37-34(42)31(18-24-10-6-5-7-11-24)38(21-25-12-8-9-13-28(25)36)33(41)22-39(30-19-26(35)15-17-32(30)47-3)48(45,46)27-16-14-23(2)29(20-27)40(43)44/h5-17,19-20,31H,4,18,21-22H2,1-3H3,(H,37,42). The predicted octanol–water partition coefficient (Wildman–Crippen LogP) is 5.68. The molecule has 0 aliphatic rings. The molecule has 11 nitrogen and oxygen atoms in total. The molecule has 252 valence electrons. The average molecular weight is 697 g/mol. The van der Waals surface area contributed by atoms with Crippen molar-refractivity contribution in [3.63, 3.8) is 0 Å². The van der Waals surface area contributed by atoms with Crippen LogP contribution in [-0.4, -0.2) is 56.3 Å². The molecule has 4 aromatic carbocycles. The van der Waals surface area contributed by atoms with Crippen molar-refractivity contribution in [3.8, 4) is 5.75 Å². The van der Waals surface area contributed by atoms with Crippen molar-refractivity contribution in [1.29, 1.82) is 0 Å². The monoisotopic (exact) mass is 696 g/mol. The number of anilines is 1. The average Bonchev–Trinajstić information content (AvgIpc) is 3.06. The summed E-state index contributed by atoms with van der Waals surface area (Å²) in [7, 11) is -3.44. The fourth-order valence-corrected chi connectivity index (χ4v) is 6.70. The number of methoxy groups -OCH3 is 1. The summed E-state index contributed by atoms with van der Waals surface area (Å²) in [6, 6.07) is 21.0. The van der Waals surface area contributed by atoms with Crippen LogP contribution in [0.3, 0.4) is 0 Å². The third kappa shape index (κ3) is 8.28. The molecule has 0 aliphatic heterocycles. The molecule has 2 amide bonds. The highest BCUT2D eigenvalue weighted by Crippen LogP contribution is 2.36. The molecule has 1 N–H and O–H groups in total. The SMILES string of the molecule is CCNC(=O)C(Cc1ccccc1)N(Cc1ccccc1F)C(=O)CN(c1cc(Cl)ccc1OC)S(=O)(=O)c1ccc(C)c([N+](=O)[O-])c1. The number of ether oxygens (including phenoxy) is 1. The van der Waals surface area contributed by atoms with Gasteiger partial charge < -0.3 is 15.0 Å². The second kappa shape index (κ2) is 15.7. The van der Waals surface area contributed by atoms with Gasteiger partial charge in [0.1, 0.15) is 24.2 Å². The first-order valence-electron chi connectivity index (χ1n) is 14.8. The number of carbonyl (C=O) groups is 2. The van der Waals surface area contributed by atoms with Gasteiger partial charge >= 0.3 is 0 Å². The number of nitrogens with one attached hydrogen (secondary N) is 1. The third-order valence-electron chi connectivity index (χ3n) is 7.57. The molecule has 0 bridgehead atoms. The fourth-order valence-electron chi connectivity index (χ4n) is 5.10. The molecule has 1 atom stereocenters. The van der Waals surface area contributed by atoms with Crippen LogP contribution in [0.4, 0.5) is 15.8 Å². The van der Waals surface area contributed by atoms with Gasteiger partial charge in [0.2, 0.25) is 11.8 Å². The maximum absolute atomic E-state index is 15.0. The van der Waals surface area contributed by atoms with Crippen LogP contribution >= 0.6 is 11.6 Å². The van der Waals surface area contributed by atoms with E-state index in [1.807, 2.05) is 0 Å². The number of sulfonamides is 1. The summed E-state index contributed by atoms with van der Waals surface area (Å²) in [6.45, 7) is 2.13. The molecule has 1 unspecified atom stereocenters. The van der Waals surface area contributed by atoms with Crippen LogP contribution in [-0.2, 0) is 32.6 Å². The number of nitro benzene ring substituents is 1. The molecule has 48 heavy (non-hydrogen) atoms. The Labute approximate surface area is 283 Å². The van der Waals surface area contributed by atoms with Crippen LogP contribution in [0.15, 0.2) is 95.9 Å². The second-order valence-corrected chi connectivity index (χ2v) is 13.0. The lowest BCUT2D eigenvalue weighted by atomic mass is 10.0. The minimum Gasteiger partial charge on any atom is -0.495 e. The number of likely N-dealkylation sites (N-methyl/N-ethyl adjacent to an activating group) is 1. The lowest BCUT2D eigenvalue weighted by Crippen LogP contribution is -2.53. The van der Waals surface area contributed by atoms with Crippen LogP contribution < -0.4 is 14.4 Å². The summed E-state index contributed by atoms with van der Waals surface area (Å²) < 4.78 is 49.9. The molecular formula is C34H34ClFN4O7S. The van der Waals surface area contributed by atoms with Gasteiger partial charge in [0.15, 0.2) is 0 Å². The Hall–Kier alpha value is -5.01. The predicted molar refractivity (Wildman–Crippen MR) is 180 cm³/mol. The largest absolute Gasteiger partial charge is 0.495 e. The van der Waals surface area contributed by atoms with Gasteiger partial charge in [0.25, 0.3) is 15.7 Å². The Morgan fingerprint density at radius 1 is 1.02 bits per heavy atom. The Morgan fingerprint density at radius 2 is 1.71 bits per heavy atom. The van der Waals surface area contributed by atoms with E-state index in [4.69, 9.17) is 16.3 Å². The normalized spacial score (nSPS) is 11.8. The van der Waals surface area contributed by atoms with Gasteiger partial charge in [-0.25, -0.2) is 12.8 Å². The number of hydrogen-bond acceptors (Lipinski definition) is 7. The zero-order valence-corrected chi connectivity index (χ0v) is 28.0. The van der Waals surface area contributed by atoms with E-state index in [-0.39, 0.29) is 47.1 Å². The molecule has 0 fully saturated rings. The van der Waals surface area contributed by atoms with Crippen LogP contribution in [0, 0.1) is 22.9 Å². The van der Waals surface area contributed by atoms with Crippen molar-refractivity contribution in [1.82, 2.24) is 10.2 Å². The zero-order chi connectivity index (χ0) is 35.0. The first-order chi connectivity index (χ1) is 22.9. The fraction of sp³-hybridized carbons (Fsp3) is 0.235. The number of nitro groups is 1. The molecule has 0 spiro atoms. The van der Waals surface area contributed by atoms with Crippen LogP contribution in [0.2, 0.25) is 5.02 Å². The molecule has 4 rings (SSSR count). The molecule has 0 heterocycles. The minimum atomic E-state index is -4.73. The summed E-state index contributed by atoms with van der Waals surface area (Å²) in [4.78, 5) is 39.8. The summed E-state index contributed by atoms with van der Waals surface area (Å²) >= 11 is 6.29. The molecule has 14 heteroatoms. The Bertz CT molecular complexity index is 1910. The smallest absolute Gasteiger partial charge is 0.273 e. The lowest BCUT2D eigenvalue weighted by molar-refractivity contribution is -0.385. The molecule has 0 radical (unpaired) electrons. The topological polar surface area (TPSA) is 139 Å². The third-order valence-corrected chi connectivity index (χ3v) is 9.57. The summed E-state index contributed by atoms with van der Waals surface area (Å²) in [5.41, 5.74) is 0.444. The van der Waals surface area contributed by atoms with E-state index >= 15 is 4.39 Å².